The van der Waals surface area contributed by atoms with Crippen molar-refractivity contribution in [3.63, 3.8) is 0 Å². The summed E-state index contributed by atoms with van der Waals surface area (Å²) in [5, 5.41) is 17.0. The molecule has 0 rings (SSSR count). The molecular formula is C42H64O4. The summed E-state index contributed by atoms with van der Waals surface area (Å²) in [7, 11) is 0. The van der Waals surface area contributed by atoms with E-state index in [0.29, 0.717) is 6.42 Å². The van der Waals surface area contributed by atoms with Crippen molar-refractivity contribution in [1.29, 1.82) is 0 Å². The molecule has 4 nitrogen and oxygen atoms in total. The topological polar surface area (TPSA) is 74.6 Å². The van der Waals surface area contributed by atoms with Gasteiger partial charge in [-0.15, -0.1) is 0 Å². The summed E-state index contributed by atoms with van der Waals surface area (Å²) in [5.41, 5.74) is 0. The highest BCUT2D eigenvalue weighted by atomic mass is 16.4. The fourth-order valence-corrected chi connectivity index (χ4v) is 3.78. The van der Waals surface area contributed by atoms with Crippen LogP contribution in [0.5, 0.6) is 0 Å². The summed E-state index contributed by atoms with van der Waals surface area (Å²) < 4.78 is 0. The van der Waals surface area contributed by atoms with Gasteiger partial charge in [0.25, 0.3) is 0 Å². The smallest absolute Gasteiger partial charge is 0.303 e. The molecule has 0 aromatic heterocycles. The van der Waals surface area contributed by atoms with Crippen LogP contribution in [0.25, 0.3) is 0 Å². The van der Waals surface area contributed by atoms with Gasteiger partial charge in [0.2, 0.25) is 0 Å². The normalized spacial score (nSPS) is 12.7. The Balaban J connectivity index is 0. The molecule has 0 heterocycles. The van der Waals surface area contributed by atoms with Crippen molar-refractivity contribution in [1.82, 2.24) is 0 Å². The van der Waals surface area contributed by atoms with Crippen LogP contribution in [-0.4, -0.2) is 22.2 Å². The lowest BCUT2D eigenvalue weighted by atomic mass is 10.2. The van der Waals surface area contributed by atoms with Crippen LogP contribution < -0.4 is 0 Å². The largest absolute Gasteiger partial charge is 0.481 e. The van der Waals surface area contributed by atoms with Crippen LogP contribution in [-0.2, 0) is 9.59 Å². The average molecular weight is 633 g/mol. The van der Waals surface area contributed by atoms with E-state index in [-0.39, 0.29) is 12.8 Å². The second-order valence-electron chi connectivity index (χ2n) is 10.7. The molecular weight excluding hydrogens is 568 g/mol. The number of aliphatic carboxylic acids is 2. The highest BCUT2D eigenvalue weighted by molar-refractivity contribution is 5.67. The van der Waals surface area contributed by atoms with Crippen LogP contribution in [0.2, 0.25) is 0 Å². The fraction of sp³-hybridized carbons (Fsp3) is 0.476. The van der Waals surface area contributed by atoms with Crippen molar-refractivity contribution in [3.8, 4) is 0 Å². The first-order valence-corrected chi connectivity index (χ1v) is 17.5. The predicted molar refractivity (Wildman–Crippen MR) is 201 cm³/mol. The second kappa shape index (κ2) is 41.3. The van der Waals surface area contributed by atoms with E-state index >= 15 is 0 Å². The van der Waals surface area contributed by atoms with Gasteiger partial charge >= 0.3 is 11.9 Å². The van der Waals surface area contributed by atoms with Crippen LogP contribution in [0, 0.1) is 0 Å². The summed E-state index contributed by atoms with van der Waals surface area (Å²) >= 11 is 0. The van der Waals surface area contributed by atoms with E-state index < -0.39 is 11.9 Å². The lowest BCUT2D eigenvalue weighted by molar-refractivity contribution is -0.138. The van der Waals surface area contributed by atoms with E-state index in [4.69, 9.17) is 10.2 Å². The maximum absolute atomic E-state index is 10.3. The minimum atomic E-state index is -0.741. The Morgan fingerprint density at radius 2 is 0.674 bits per heavy atom. The summed E-state index contributed by atoms with van der Waals surface area (Å²) in [6.45, 7) is 4.38. The number of rotatable bonds is 28. The Labute approximate surface area is 282 Å². The lowest BCUT2D eigenvalue weighted by Gasteiger charge is -1.90. The molecule has 0 spiro atoms. The molecule has 0 aromatic rings. The van der Waals surface area contributed by atoms with E-state index in [2.05, 4.69) is 123 Å². The van der Waals surface area contributed by atoms with E-state index in [1.165, 1.54) is 25.7 Å². The number of hydrogen-bond donors (Lipinski definition) is 2. The third-order valence-electron chi connectivity index (χ3n) is 6.34. The molecule has 0 unspecified atom stereocenters. The molecule has 4 heteroatoms. The van der Waals surface area contributed by atoms with E-state index in [9.17, 15) is 9.59 Å². The predicted octanol–water partition coefficient (Wildman–Crippen LogP) is 12.8. The molecule has 0 aliphatic heterocycles. The number of carboxylic acids is 2. The van der Waals surface area contributed by atoms with E-state index in [0.717, 1.165) is 70.6 Å². The van der Waals surface area contributed by atoms with Gasteiger partial charge in [-0.1, -0.05) is 148 Å². The number of carbonyl (C=O) groups is 2. The molecule has 2 N–H and O–H groups in total. The van der Waals surface area contributed by atoms with Crippen LogP contribution in [0.3, 0.4) is 0 Å². The number of unbranched alkanes of at least 4 members (excludes halogenated alkanes) is 4. The molecule has 0 aliphatic rings. The molecule has 256 valence electrons. The molecule has 0 bridgehead atoms. The van der Waals surface area contributed by atoms with E-state index in [1.54, 1.807) is 0 Å². The third kappa shape index (κ3) is 47.3. The van der Waals surface area contributed by atoms with Gasteiger partial charge < -0.3 is 10.2 Å². The first-order chi connectivity index (χ1) is 22.5. The molecule has 46 heavy (non-hydrogen) atoms. The molecule has 0 fully saturated rings. The molecule has 0 aliphatic carbocycles. The maximum atomic E-state index is 10.3. The van der Waals surface area contributed by atoms with Crippen molar-refractivity contribution in [2.24, 2.45) is 0 Å². The third-order valence-corrected chi connectivity index (χ3v) is 6.34. The summed E-state index contributed by atoms with van der Waals surface area (Å²) in [5.74, 6) is -1.45. The molecule has 0 amide bonds. The standard InChI is InChI=1S/C22H32O2.C20H32O2/c1-2-3-4-5-6-7-8-9-10-11-12-13-14-15-16-17-18-19-20-21-22(23)24;1-2-3-4-5-6-7-8-9-10-11-12-13-14-15-16-17-18-19-20(21)22/h3-4,6-7,9-10,12-13,15-16,18-19H,2,5,8,11,14,17,20-21H2,1H3,(H,23,24);6-7,9-10,12-13,15-16H,2-5,8,11,14,17-19H2,1H3,(H,21,22)/b4-3-,7-6-,10-9-,13-12-,16-15-,19-18-;7-6-,10-9-,13-12-,16-15-. The highest BCUT2D eigenvalue weighted by Gasteiger charge is 1.93. The first kappa shape index (κ1) is 44.5. The Morgan fingerprint density at radius 3 is 1.00 bits per heavy atom. The van der Waals surface area contributed by atoms with Crippen LogP contribution in [0.15, 0.2) is 122 Å². The first-order valence-electron chi connectivity index (χ1n) is 17.5. The van der Waals surface area contributed by atoms with Gasteiger partial charge in [-0.3, -0.25) is 9.59 Å². The van der Waals surface area contributed by atoms with Crippen LogP contribution in [0.4, 0.5) is 0 Å². The van der Waals surface area contributed by atoms with Crippen molar-refractivity contribution in [2.45, 2.75) is 129 Å². The molecule has 0 aromatic carbocycles. The Hall–Kier alpha value is -3.66. The average Bonchev–Trinajstić information content (AvgIpc) is 3.03. The minimum Gasteiger partial charge on any atom is -0.481 e. The van der Waals surface area contributed by atoms with Gasteiger partial charge in [0.1, 0.15) is 0 Å². The van der Waals surface area contributed by atoms with Crippen molar-refractivity contribution < 1.29 is 19.8 Å². The zero-order valence-electron chi connectivity index (χ0n) is 29.0. The minimum absolute atomic E-state index is 0.210. The quantitative estimate of drug-likeness (QED) is 0.0665. The summed E-state index contributed by atoms with van der Waals surface area (Å²) in [6, 6.07) is 0. The fourth-order valence-electron chi connectivity index (χ4n) is 3.78. The van der Waals surface area contributed by atoms with Gasteiger partial charge in [0.05, 0.1) is 0 Å². The lowest BCUT2D eigenvalue weighted by Crippen LogP contribution is -1.92. The second-order valence-corrected chi connectivity index (χ2v) is 10.7. The van der Waals surface area contributed by atoms with Gasteiger partial charge in [-0.25, -0.2) is 0 Å². The summed E-state index contributed by atoms with van der Waals surface area (Å²) in [6.07, 6.45) is 59.8. The highest BCUT2D eigenvalue weighted by Crippen LogP contribution is 2.02. The summed E-state index contributed by atoms with van der Waals surface area (Å²) in [4.78, 5) is 20.6. The SMILES string of the molecule is CC/C=C\C/C=C\C/C=C\C/C=C\C/C=C\C/C=C\CCC(=O)O.CCCCC/C=C\C/C=C\C/C=C\C/C=C\CCCC(=O)O. The monoisotopic (exact) mass is 632 g/mol. The Kier molecular flexibility index (Phi) is 40.0. The van der Waals surface area contributed by atoms with Gasteiger partial charge in [-0.05, 0) is 89.9 Å². The molecule has 0 saturated carbocycles. The zero-order chi connectivity index (χ0) is 34.0. The number of carboxylic acid groups (broad SMARTS) is 2. The molecule has 0 saturated heterocycles. The maximum Gasteiger partial charge on any atom is 0.303 e. The van der Waals surface area contributed by atoms with Crippen LogP contribution in [0.1, 0.15) is 129 Å². The molecule has 0 atom stereocenters. The van der Waals surface area contributed by atoms with Crippen LogP contribution >= 0.6 is 0 Å². The Bertz CT molecular complexity index is 983. The van der Waals surface area contributed by atoms with Gasteiger partial charge in [0, 0.05) is 12.8 Å². The van der Waals surface area contributed by atoms with Gasteiger partial charge in [-0.2, -0.15) is 0 Å². The number of allylic oxidation sites excluding steroid dienone is 20. The van der Waals surface area contributed by atoms with Gasteiger partial charge in [0.15, 0.2) is 0 Å². The zero-order valence-corrected chi connectivity index (χ0v) is 29.0. The number of hydrogen-bond acceptors (Lipinski definition) is 2. The molecule has 0 radical (unpaired) electrons. The Morgan fingerprint density at radius 1 is 0.370 bits per heavy atom. The van der Waals surface area contributed by atoms with Crippen molar-refractivity contribution >= 4 is 11.9 Å². The van der Waals surface area contributed by atoms with Crippen molar-refractivity contribution in [3.05, 3.63) is 122 Å². The van der Waals surface area contributed by atoms with E-state index in [1.807, 2.05) is 12.2 Å². The van der Waals surface area contributed by atoms with Crippen molar-refractivity contribution in [2.75, 3.05) is 0 Å².